The van der Waals surface area contributed by atoms with Gasteiger partial charge in [0.25, 0.3) is 0 Å². The molecule has 0 unspecified atom stereocenters. The quantitative estimate of drug-likeness (QED) is 0.891. The van der Waals surface area contributed by atoms with Crippen LogP contribution in [-0.4, -0.2) is 30.2 Å². The summed E-state index contributed by atoms with van der Waals surface area (Å²) < 4.78 is 28.7. The number of benzene rings is 1. The predicted octanol–water partition coefficient (Wildman–Crippen LogP) is 2.84. The molecule has 0 amide bonds. The van der Waals surface area contributed by atoms with Crippen molar-refractivity contribution >= 4 is 17.3 Å². The molecule has 0 spiro atoms. The summed E-state index contributed by atoms with van der Waals surface area (Å²) in [7, 11) is 0. The zero-order valence-electron chi connectivity index (χ0n) is 11.0. The van der Waals surface area contributed by atoms with Crippen LogP contribution in [0.4, 0.5) is 20.2 Å². The van der Waals surface area contributed by atoms with Crippen molar-refractivity contribution in [3.63, 3.8) is 0 Å². The van der Waals surface area contributed by atoms with Gasteiger partial charge in [0.1, 0.15) is 5.69 Å². The van der Waals surface area contributed by atoms with Crippen LogP contribution >= 0.6 is 0 Å². The van der Waals surface area contributed by atoms with E-state index in [9.17, 15) is 13.6 Å². The first-order valence-corrected chi connectivity index (χ1v) is 6.84. The second-order valence-electron chi connectivity index (χ2n) is 5.36. The van der Waals surface area contributed by atoms with Crippen LogP contribution in [-0.2, 0) is 0 Å². The highest BCUT2D eigenvalue weighted by atomic mass is 19.1. The molecule has 1 aliphatic heterocycles. The summed E-state index contributed by atoms with van der Waals surface area (Å²) in [6.07, 6.45) is 3.56. The van der Waals surface area contributed by atoms with Gasteiger partial charge >= 0.3 is 5.97 Å². The number of carboxylic acids is 1. The van der Waals surface area contributed by atoms with Crippen molar-refractivity contribution in [2.24, 2.45) is 0 Å². The first-order valence-electron chi connectivity index (χ1n) is 6.84. The van der Waals surface area contributed by atoms with E-state index in [-0.39, 0.29) is 23.0 Å². The summed E-state index contributed by atoms with van der Waals surface area (Å²) in [5, 5.41) is 12.0. The molecule has 108 valence electrons. The summed E-state index contributed by atoms with van der Waals surface area (Å²) in [5.74, 6) is -2.90. The molecule has 0 bridgehead atoms. The molecule has 1 saturated heterocycles. The highest BCUT2D eigenvalue weighted by Gasteiger charge is 2.30. The van der Waals surface area contributed by atoms with E-state index in [0.29, 0.717) is 13.1 Å². The van der Waals surface area contributed by atoms with Gasteiger partial charge in [-0.2, -0.15) is 0 Å². The zero-order valence-corrected chi connectivity index (χ0v) is 11.0. The van der Waals surface area contributed by atoms with Gasteiger partial charge in [-0.05, 0) is 31.7 Å². The van der Waals surface area contributed by atoms with Crippen molar-refractivity contribution in [2.75, 3.05) is 23.3 Å². The van der Waals surface area contributed by atoms with Crippen LogP contribution < -0.4 is 10.2 Å². The molecule has 6 heteroatoms. The summed E-state index contributed by atoms with van der Waals surface area (Å²) >= 11 is 0. The smallest absolute Gasteiger partial charge is 0.338 e. The van der Waals surface area contributed by atoms with Crippen LogP contribution in [0.3, 0.4) is 0 Å². The molecule has 0 radical (unpaired) electrons. The van der Waals surface area contributed by atoms with Gasteiger partial charge in [-0.1, -0.05) is 0 Å². The highest BCUT2D eigenvalue weighted by molar-refractivity contribution is 5.95. The van der Waals surface area contributed by atoms with Gasteiger partial charge in [0.2, 0.25) is 0 Å². The SMILES string of the molecule is O=C(O)c1cc(F)c(N2CCCC2)c(F)c1NC1CC1. The first kappa shape index (κ1) is 13.1. The third kappa shape index (κ3) is 2.30. The van der Waals surface area contributed by atoms with Gasteiger partial charge in [-0.25, -0.2) is 13.6 Å². The van der Waals surface area contributed by atoms with Gasteiger partial charge in [0.15, 0.2) is 11.6 Å². The van der Waals surface area contributed by atoms with E-state index in [1.165, 1.54) is 0 Å². The molecule has 1 aliphatic carbocycles. The molecule has 4 nitrogen and oxygen atoms in total. The van der Waals surface area contributed by atoms with Crippen molar-refractivity contribution in [1.29, 1.82) is 0 Å². The maximum Gasteiger partial charge on any atom is 0.338 e. The Morgan fingerprint density at radius 3 is 2.50 bits per heavy atom. The minimum Gasteiger partial charge on any atom is -0.478 e. The van der Waals surface area contributed by atoms with Crippen molar-refractivity contribution in [1.82, 2.24) is 0 Å². The van der Waals surface area contributed by atoms with Crippen molar-refractivity contribution in [3.05, 3.63) is 23.3 Å². The molecule has 1 heterocycles. The number of hydrogen-bond donors (Lipinski definition) is 2. The van der Waals surface area contributed by atoms with E-state index in [4.69, 9.17) is 5.11 Å². The summed E-state index contributed by atoms with van der Waals surface area (Å²) in [4.78, 5) is 12.8. The molecule has 2 aliphatic rings. The monoisotopic (exact) mass is 282 g/mol. The van der Waals surface area contributed by atoms with E-state index in [2.05, 4.69) is 5.32 Å². The summed E-state index contributed by atoms with van der Waals surface area (Å²) in [5.41, 5.74) is -0.520. The topological polar surface area (TPSA) is 52.6 Å². The van der Waals surface area contributed by atoms with Crippen molar-refractivity contribution in [3.8, 4) is 0 Å². The Morgan fingerprint density at radius 2 is 1.95 bits per heavy atom. The molecular weight excluding hydrogens is 266 g/mol. The number of hydrogen-bond acceptors (Lipinski definition) is 3. The number of anilines is 2. The molecule has 3 rings (SSSR count). The average molecular weight is 282 g/mol. The lowest BCUT2D eigenvalue weighted by Gasteiger charge is -2.22. The fourth-order valence-electron chi connectivity index (χ4n) is 2.58. The third-order valence-corrected chi connectivity index (χ3v) is 3.77. The summed E-state index contributed by atoms with van der Waals surface area (Å²) in [6.45, 7) is 1.20. The Labute approximate surface area is 115 Å². The minimum absolute atomic E-state index is 0.0803. The Balaban J connectivity index is 2.07. The van der Waals surface area contributed by atoms with Crippen LogP contribution in [0.1, 0.15) is 36.0 Å². The van der Waals surface area contributed by atoms with E-state index >= 15 is 0 Å². The van der Waals surface area contributed by atoms with Gasteiger partial charge in [-0.3, -0.25) is 0 Å². The second-order valence-corrected chi connectivity index (χ2v) is 5.36. The maximum atomic E-state index is 14.6. The lowest BCUT2D eigenvalue weighted by atomic mass is 10.1. The second kappa shape index (κ2) is 4.92. The maximum absolute atomic E-state index is 14.6. The van der Waals surface area contributed by atoms with E-state index in [1.807, 2.05) is 0 Å². The lowest BCUT2D eigenvalue weighted by Crippen LogP contribution is -2.22. The van der Waals surface area contributed by atoms with Crippen molar-refractivity contribution < 1.29 is 18.7 Å². The highest BCUT2D eigenvalue weighted by Crippen LogP contribution is 2.36. The van der Waals surface area contributed by atoms with Crippen LogP contribution in [0.25, 0.3) is 0 Å². The van der Waals surface area contributed by atoms with Gasteiger partial charge < -0.3 is 15.3 Å². The Kier molecular flexibility index (Phi) is 3.23. The fraction of sp³-hybridized carbons (Fsp3) is 0.500. The zero-order chi connectivity index (χ0) is 14.3. The van der Waals surface area contributed by atoms with Gasteiger partial charge in [0, 0.05) is 19.1 Å². The van der Waals surface area contributed by atoms with E-state index < -0.39 is 17.6 Å². The molecule has 1 aromatic carbocycles. The van der Waals surface area contributed by atoms with E-state index in [1.54, 1.807) is 4.90 Å². The Bertz CT molecular complexity index is 553. The number of carbonyl (C=O) groups is 1. The Hall–Kier alpha value is -1.85. The number of rotatable bonds is 4. The number of carboxylic acid groups (broad SMARTS) is 1. The lowest BCUT2D eigenvalue weighted by molar-refractivity contribution is 0.0697. The molecule has 1 aromatic rings. The molecule has 20 heavy (non-hydrogen) atoms. The standard InChI is InChI=1S/C14H16F2N2O2/c15-10-7-9(14(19)20)12(17-8-3-4-8)11(16)13(10)18-5-1-2-6-18/h7-8,17H,1-6H2,(H,19,20). The molecule has 1 saturated carbocycles. The fourth-order valence-corrected chi connectivity index (χ4v) is 2.58. The number of nitrogens with one attached hydrogen (secondary N) is 1. The van der Waals surface area contributed by atoms with Crippen LogP contribution in [0, 0.1) is 11.6 Å². The van der Waals surface area contributed by atoms with Crippen LogP contribution in [0.2, 0.25) is 0 Å². The molecule has 2 fully saturated rings. The van der Waals surface area contributed by atoms with Gasteiger partial charge in [0.05, 0.1) is 11.3 Å². The van der Waals surface area contributed by atoms with Gasteiger partial charge in [-0.15, -0.1) is 0 Å². The van der Waals surface area contributed by atoms with E-state index in [0.717, 1.165) is 31.7 Å². The van der Waals surface area contributed by atoms with Crippen molar-refractivity contribution in [2.45, 2.75) is 31.7 Å². The number of nitrogens with zero attached hydrogens (tertiary/aromatic N) is 1. The molecular formula is C14H16F2N2O2. The predicted molar refractivity (Wildman–Crippen MR) is 71.4 cm³/mol. The molecule has 0 atom stereocenters. The Morgan fingerprint density at radius 1 is 1.30 bits per heavy atom. The first-order chi connectivity index (χ1) is 9.58. The normalized spacial score (nSPS) is 18.4. The number of aromatic carboxylic acids is 1. The largest absolute Gasteiger partial charge is 0.478 e. The minimum atomic E-state index is -1.32. The number of halogens is 2. The third-order valence-electron chi connectivity index (χ3n) is 3.77. The van der Waals surface area contributed by atoms with Crippen LogP contribution in [0.15, 0.2) is 6.07 Å². The molecule has 0 aromatic heterocycles. The molecule has 2 N–H and O–H groups in total. The average Bonchev–Trinajstić information content (AvgIpc) is 3.05. The van der Waals surface area contributed by atoms with Crippen LogP contribution in [0.5, 0.6) is 0 Å². The summed E-state index contributed by atoms with van der Waals surface area (Å²) in [6, 6.07) is 1.02.